The Hall–Kier alpha value is -2.15. The van der Waals surface area contributed by atoms with Gasteiger partial charge < -0.3 is 0 Å². The molecule has 2 atom stereocenters. The molecule has 4 rings (SSSR count). The average molecular weight is 474 g/mol. The lowest BCUT2D eigenvalue weighted by Crippen LogP contribution is -2.48. The molecule has 0 saturated heterocycles. The van der Waals surface area contributed by atoms with Gasteiger partial charge in [0.2, 0.25) is 7.29 Å². The zero-order chi connectivity index (χ0) is 24.4. The van der Waals surface area contributed by atoms with E-state index in [1.807, 2.05) is 60.7 Å². The maximum Gasteiger partial charge on any atom is 0.204 e. The number of benzene rings is 3. The van der Waals surface area contributed by atoms with Crippen molar-refractivity contribution in [2.75, 3.05) is 0 Å². The molecule has 1 N–H and O–H groups in total. The van der Waals surface area contributed by atoms with Gasteiger partial charge >= 0.3 is 0 Å². The molecule has 3 aromatic rings. The van der Waals surface area contributed by atoms with Crippen LogP contribution >= 0.6 is 7.29 Å². The van der Waals surface area contributed by atoms with E-state index in [0.717, 1.165) is 23.5 Å². The van der Waals surface area contributed by atoms with Crippen LogP contribution in [0.2, 0.25) is 0 Å². The molecule has 1 fully saturated rings. The third-order valence-electron chi connectivity index (χ3n) is 7.78. The molecule has 0 spiro atoms. The minimum absolute atomic E-state index is 0.0211. The van der Waals surface area contributed by atoms with E-state index < -0.39 is 7.29 Å². The zero-order valence-electron chi connectivity index (χ0n) is 21.4. The first kappa shape index (κ1) is 25.0. The third kappa shape index (κ3) is 5.09. The van der Waals surface area contributed by atoms with Crippen LogP contribution in [0.4, 0.5) is 0 Å². The highest BCUT2D eigenvalue weighted by Gasteiger charge is 2.41. The monoisotopic (exact) mass is 473 g/mol. The summed E-state index contributed by atoms with van der Waals surface area (Å²) in [6, 6.07) is 29.4. The third-order valence-corrected chi connectivity index (χ3v) is 10.5. The van der Waals surface area contributed by atoms with E-state index in [0.29, 0.717) is 5.92 Å². The van der Waals surface area contributed by atoms with Crippen molar-refractivity contribution in [2.45, 2.75) is 77.2 Å². The predicted octanol–water partition coefficient (Wildman–Crippen LogP) is 7.34. The molecule has 3 heteroatoms. The second-order valence-corrected chi connectivity index (χ2v) is 14.0. The Balaban J connectivity index is 1.69. The Kier molecular flexibility index (Phi) is 7.22. The molecule has 1 saturated carbocycles. The van der Waals surface area contributed by atoms with Crippen molar-refractivity contribution in [3.8, 4) is 0 Å². The van der Waals surface area contributed by atoms with Gasteiger partial charge in [-0.1, -0.05) is 108 Å². The van der Waals surface area contributed by atoms with E-state index in [1.165, 1.54) is 24.0 Å². The summed E-state index contributed by atoms with van der Waals surface area (Å²) in [5, 5.41) is 5.56. The normalized spacial score (nSPS) is 19.7. The van der Waals surface area contributed by atoms with Crippen molar-refractivity contribution in [1.29, 1.82) is 0 Å². The SMILES string of the molecule is CC(C)(C)c1ccc(C(C)(C)[C@@H]2CCCC[C@H]2NP(=O)(c2ccccc2)c2ccccc2)cc1. The summed E-state index contributed by atoms with van der Waals surface area (Å²) in [4.78, 5) is 0. The first-order valence-electron chi connectivity index (χ1n) is 12.7. The van der Waals surface area contributed by atoms with Gasteiger partial charge in [0.05, 0.1) is 0 Å². The second kappa shape index (κ2) is 9.84. The van der Waals surface area contributed by atoms with Gasteiger partial charge in [-0.05, 0) is 65.0 Å². The van der Waals surface area contributed by atoms with Gasteiger partial charge in [-0.25, -0.2) is 0 Å². The van der Waals surface area contributed by atoms with Crippen LogP contribution in [0.5, 0.6) is 0 Å². The molecule has 0 aliphatic heterocycles. The summed E-state index contributed by atoms with van der Waals surface area (Å²) in [6.45, 7) is 11.5. The smallest absolute Gasteiger partial charge is 0.204 e. The van der Waals surface area contributed by atoms with Crippen molar-refractivity contribution in [1.82, 2.24) is 5.09 Å². The Bertz CT molecular complexity index is 1070. The predicted molar refractivity (Wildman–Crippen MR) is 147 cm³/mol. The van der Waals surface area contributed by atoms with Gasteiger partial charge in [0.1, 0.15) is 0 Å². The maximum atomic E-state index is 14.7. The summed E-state index contributed by atoms with van der Waals surface area (Å²) >= 11 is 0. The molecule has 2 nitrogen and oxygen atoms in total. The van der Waals surface area contributed by atoms with E-state index in [2.05, 4.69) is 64.0 Å². The molecule has 0 heterocycles. The molecule has 3 aromatic carbocycles. The number of nitrogens with one attached hydrogen (secondary N) is 1. The molecular weight excluding hydrogens is 433 g/mol. The molecule has 0 bridgehead atoms. The highest BCUT2D eigenvalue weighted by Crippen LogP contribution is 2.47. The fourth-order valence-corrected chi connectivity index (χ4v) is 8.13. The van der Waals surface area contributed by atoms with E-state index in [-0.39, 0.29) is 16.9 Å². The van der Waals surface area contributed by atoms with Gasteiger partial charge in [-0.3, -0.25) is 9.65 Å². The number of rotatable bonds is 6. The van der Waals surface area contributed by atoms with Crippen LogP contribution in [0, 0.1) is 5.92 Å². The molecule has 1 aliphatic carbocycles. The summed E-state index contributed by atoms with van der Waals surface area (Å²) < 4.78 is 14.7. The van der Waals surface area contributed by atoms with Crippen molar-refractivity contribution in [3.63, 3.8) is 0 Å². The molecule has 0 amide bonds. The van der Waals surface area contributed by atoms with Crippen LogP contribution < -0.4 is 15.7 Å². The topological polar surface area (TPSA) is 29.1 Å². The van der Waals surface area contributed by atoms with Gasteiger partial charge in [0.15, 0.2) is 0 Å². The quantitative estimate of drug-likeness (QED) is 0.380. The standard InChI is InChI=1S/C31H40NOP/c1-30(2,3)24-20-22-25(23-21-24)31(4,5)28-18-12-13-19-29(28)32-34(33,26-14-8-6-9-15-26)27-16-10-7-11-17-27/h6-11,14-17,20-23,28-29H,12-13,18-19H2,1-5H3,(H,32,33)/t28-,29-/m1/s1. The van der Waals surface area contributed by atoms with Crippen molar-refractivity contribution < 1.29 is 4.57 Å². The second-order valence-electron chi connectivity index (χ2n) is 11.5. The molecule has 180 valence electrons. The van der Waals surface area contributed by atoms with Crippen LogP contribution in [0.25, 0.3) is 0 Å². The molecule has 1 aliphatic rings. The van der Waals surface area contributed by atoms with E-state index in [4.69, 9.17) is 0 Å². The van der Waals surface area contributed by atoms with Crippen molar-refractivity contribution in [3.05, 3.63) is 96.1 Å². The summed E-state index contributed by atoms with van der Waals surface area (Å²) in [5.74, 6) is 0.405. The minimum Gasteiger partial charge on any atom is -0.297 e. The highest BCUT2D eigenvalue weighted by atomic mass is 31.2. The lowest BCUT2D eigenvalue weighted by atomic mass is 9.65. The number of hydrogen-bond acceptors (Lipinski definition) is 1. The fraction of sp³-hybridized carbons (Fsp3) is 0.419. The van der Waals surface area contributed by atoms with Crippen LogP contribution in [0.15, 0.2) is 84.9 Å². The molecular formula is C31H40NOP. The maximum absolute atomic E-state index is 14.7. The molecule has 34 heavy (non-hydrogen) atoms. The van der Waals surface area contributed by atoms with Crippen LogP contribution in [0.1, 0.15) is 71.4 Å². The van der Waals surface area contributed by atoms with E-state index >= 15 is 0 Å². The highest BCUT2D eigenvalue weighted by molar-refractivity contribution is 7.76. The van der Waals surface area contributed by atoms with Gasteiger partial charge in [0, 0.05) is 16.7 Å². The van der Waals surface area contributed by atoms with Crippen molar-refractivity contribution in [2.24, 2.45) is 5.92 Å². The van der Waals surface area contributed by atoms with Crippen LogP contribution in [-0.4, -0.2) is 6.04 Å². The molecule has 0 radical (unpaired) electrons. The van der Waals surface area contributed by atoms with E-state index in [9.17, 15) is 4.57 Å². The average Bonchev–Trinajstić information content (AvgIpc) is 2.85. The van der Waals surface area contributed by atoms with Gasteiger partial charge in [-0.2, -0.15) is 0 Å². The summed E-state index contributed by atoms with van der Waals surface area (Å²) in [6.07, 6.45) is 4.61. The van der Waals surface area contributed by atoms with Gasteiger partial charge in [-0.15, -0.1) is 0 Å². The summed E-state index contributed by atoms with van der Waals surface area (Å²) in [7, 11) is -2.97. The Morgan fingerprint density at radius 1 is 0.676 bits per heavy atom. The van der Waals surface area contributed by atoms with E-state index in [1.54, 1.807) is 0 Å². The zero-order valence-corrected chi connectivity index (χ0v) is 22.3. The fourth-order valence-electron chi connectivity index (χ4n) is 5.57. The first-order chi connectivity index (χ1) is 16.1. The van der Waals surface area contributed by atoms with Crippen LogP contribution in [-0.2, 0) is 15.4 Å². The lowest BCUT2D eigenvalue weighted by Gasteiger charge is -2.44. The first-order valence-corrected chi connectivity index (χ1v) is 14.4. The Labute approximate surface area is 206 Å². The molecule has 0 aromatic heterocycles. The Morgan fingerprint density at radius 3 is 1.65 bits per heavy atom. The Morgan fingerprint density at radius 2 is 1.15 bits per heavy atom. The van der Waals surface area contributed by atoms with Crippen LogP contribution in [0.3, 0.4) is 0 Å². The number of hydrogen-bond donors (Lipinski definition) is 1. The molecule has 0 unspecified atom stereocenters. The largest absolute Gasteiger partial charge is 0.297 e. The minimum atomic E-state index is -2.97. The van der Waals surface area contributed by atoms with Gasteiger partial charge in [0.25, 0.3) is 0 Å². The van der Waals surface area contributed by atoms with Crippen molar-refractivity contribution >= 4 is 17.9 Å². The lowest BCUT2D eigenvalue weighted by molar-refractivity contribution is 0.192. The summed E-state index contributed by atoms with van der Waals surface area (Å²) in [5.41, 5.74) is 2.86.